The predicted octanol–water partition coefficient (Wildman–Crippen LogP) is 4.65. The van der Waals surface area contributed by atoms with E-state index in [4.69, 9.17) is 9.47 Å². The molecule has 0 fully saturated rings. The number of rotatable bonds is 8. The Kier molecular flexibility index (Phi) is 8.05. The minimum atomic E-state index is -0.573. The SMILES string of the molecule is CC(C)(C)OC(=O)N[C@H](CCC(=O)OCc1ccccc1)Cc1ccccc1. The van der Waals surface area contributed by atoms with Gasteiger partial charge in [0.05, 0.1) is 0 Å². The number of alkyl carbamates (subject to hydrolysis) is 1. The molecule has 0 aliphatic rings. The third kappa shape index (κ3) is 8.71. The molecule has 1 N–H and O–H groups in total. The van der Waals surface area contributed by atoms with Crippen molar-refractivity contribution >= 4 is 12.1 Å². The number of ether oxygens (including phenoxy) is 2. The summed E-state index contributed by atoms with van der Waals surface area (Å²) in [6, 6.07) is 19.2. The Labute approximate surface area is 167 Å². The molecule has 150 valence electrons. The van der Waals surface area contributed by atoms with Gasteiger partial charge in [-0.2, -0.15) is 0 Å². The summed E-state index contributed by atoms with van der Waals surface area (Å²) in [5.41, 5.74) is 1.46. The van der Waals surface area contributed by atoms with Crippen molar-refractivity contribution < 1.29 is 19.1 Å². The zero-order chi connectivity index (χ0) is 20.4. The van der Waals surface area contributed by atoms with Crippen LogP contribution < -0.4 is 5.32 Å². The number of carbonyl (C=O) groups is 2. The quantitative estimate of drug-likeness (QED) is 0.674. The molecule has 28 heavy (non-hydrogen) atoms. The van der Waals surface area contributed by atoms with Crippen LogP contribution >= 0.6 is 0 Å². The molecular weight excluding hydrogens is 354 g/mol. The van der Waals surface area contributed by atoms with Gasteiger partial charge >= 0.3 is 12.1 Å². The summed E-state index contributed by atoms with van der Waals surface area (Å²) in [6.07, 6.45) is 0.833. The topological polar surface area (TPSA) is 64.6 Å². The maximum absolute atomic E-state index is 12.2. The van der Waals surface area contributed by atoms with Crippen molar-refractivity contribution in [1.82, 2.24) is 5.32 Å². The molecule has 0 bridgehead atoms. The molecule has 0 unspecified atom stereocenters. The van der Waals surface area contributed by atoms with E-state index in [-0.39, 0.29) is 25.0 Å². The van der Waals surface area contributed by atoms with Crippen LogP contribution in [0, 0.1) is 0 Å². The fourth-order valence-electron chi connectivity index (χ4n) is 2.70. The zero-order valence-electron chi connectivity index (χ0n) is 16.8. The van der Waals surface area contributed by atoms with Crippen molar-refractivity contribution in [3.05, 3.63) is 71.8 Å². The fourth-order valence-corrected chi connectivity index (χ4v) is 2.70. The standard InChI is InChI=1S/C23H29NO4/c1-23(2,3)28-22(26)24-20(16-18-10-6-4-7-11-18)14-15-21(25)27-17-19-12-8-5-9-13-19/h4-13,20H,14-17H2,1-3H3,(H,24,26)/t20-/m1/s1. The molecule has 2 rings (SSSR count). The normalized spacial score (nSPS) is 12.1. The minimum Gasteiger partial charge on any atom is -0.461 e. The van der Waals surface area contributed by atoms with Gasteiger partial charge in [-0.3, -0.25) is 4.79 Å². The van der Waals surface area contributed by atoms with Crippen molar-refractivity contribution in [3.63, 3.8) is 0 Å². The molecular formula is C23H29NO4. The van der Waals surface area contributed by atoms with E-state index in [2.05, 4.69) is 5.32 Å². The van der Waals surface area contributed by atoms with Gasteiger partial charge in [0.15, 0.2) is 0 Å². The van der Waals surface area contributed by atoms with Crippen LogP contribution in [0.2, 0.25) is 0 Å². The molecule has 0 aromatic heterocycles. The van der Waals surface area contributed by atoms with Crippen molar-refractivity contribution in [3.8, 4) is 0 Å². The van der Waals surface area contributed by atoms with Crippen LogP contribution in [0.4, 0.5) is 4.79 Å². The lowest BCUT2D eigenvalue weighted by Gasteiger charge is -2.23. The summed E-state index contributed by atoms with van der Waals surface area (Å²) in [7, 11) is 0. The van der Waals surface area contributed by atoms with Gasteiger partial charge in [-0.1, -0.05) is 60.7 Å². The van der Waals surface area contributed by atoms with E-state index in [0.717, 1.165) is 11.1 Å². The molecule has 2 aromatic carbocycles. The lowest BCUT2D eigenvalue weighted by atomic mass is 10.0. The average Bonchev–Trinajstić information content (AvgIpc) is 2.64. The molecule has 0 heterocycles. The summed E-state index contributed by atoms with van der Waals surface area (Å²) < 4.78 is 10.7. The van der Waals surface area contributed by atoms with E-state index in [1.165, 1.54) is 0 Å². The highest BCUT2D eigenvalue weighted by atomic mass is 16.6. The molecule has 5 nitrogen and oxygen atoms in total. The maximum Gasteiger partial charge on any atom is 0.407 e. The van der Waals surface area contributed by atoms with Crippen LogP contribution in [-0.2, 0) is 27.3 Å². The second kappa shape index (κ2) is 10.5. The molecule has 0 aliphatic heterocycles. The first-order chi connectivity index (χ1) is 13.3. The van der Waals surface area contributed by atoms with E-state index in [1.54, 1.807) is 0 Å². The Morgan fingerprint density at radius 3 is 2.07 bits per heavy atom. The second-order valence-electron chi connectivity index (χ2n) is 7.72. The van der Waals surface area contributed by atoms with Gasteiger partial charge < -0.3 is 14.8 Å². The largest absolute Gasteiger partial charge is 0.461 e. The monoisotopic (exact) mass is 383 g/mol. The highest BCUT2D eigenvalue weighted by Crippen LogP contribution is 2.12. The lowest BCUT2D eigenvalue weighted by molar-refractivity contribution is -0.145. The molecule has 1 atom stereocenters. The van der Waals surface area contributed by atoms with E-state index >= 15 is 0 Å². The number of hydrogen-bond donors (Lipinski definition) is 1. The summed E-state index contributed by atoms with van der Waals surface area (Å²) in [4.78, 5) is 24.3. The first kappa shape index (κ1) is 21.5. The van der Waals surface area contributed by atoms with E-state index in [9.17, 15) is 9.59 Å². The van der Waals surface area contributed by atoms with Crippen LogP contribution in [-0.4, -0.2) is 23.7 Å². The highest BCUT2D eigenvalue weighted by molar-refractivity contribution is 5.70. The Bertz CT molecular complexity index is 738. The first-order valence-electron chi connectivity index (χ1n) is 9.55. The third-order valence-electron chi connectivity index (χ3n) is 3.99. The molecule has 0 radical (unpaired) electrons. The summed E-state index contributed by atoms with van der Waals surface area (Å²) >= 11 is 0. The van der Waals surface area contributed by atoms with Crippen LogP contribution in [0.3, 0.4) is 0 Å². The smallest absolute Gasteiger partial charge is 0.407 e. The van der Waals surface area contributed by atoms with E-state index in [1.807, 2.05) is 81.4 Å². The van der Waals surface area contributed by atoms with Gasteiger partial charge in [0.2, 0.25) is 0 Å². The van der Waals surface area contributed by atoms with Crippen molar-refractivity contribution in [2.24, 2.45) is 0 Å². The van der Waals surface area contributed by atoms with Gasteiger partial charge in [0.1, 0.15) is 12.2 Å². The molecule has 0 saturated carbocycles. The Hall–Kier alpha value is -2.82. The van der Waals surface area contributed by atoms with E-state index < -0.39 is 11.7 Å². The van der Waals surface area contributed by atoms with Gasteiger partial charge in [-0.05, 0) is 44.7 Å². The van der Waals surface area contributed by atoms with E-state index in [0.29, 0.717) is 12.8 Å². The second-order valence-corrected chi connectivity index (χ2v) is 7.72. The van der Waals surface area contributed by atoms with Crippen molar-refractivity contribution in [1.29, 1.82) is 0 Å². The van der Waals surface area contributed by atoms with Crippen molar-refractivity contribution in [2.45, 2.75) is 58.3 Å². The minimum absolute atomic E-state index is 0.221. The molecule has 5 heteroatoms. The predicted molar refractivity (Wildman–Crippen MR) is 109 cm³/mol. The molecule has 0 aliphatic carbocycles. The van der Waals surface area contributed by atoms with Gasteiger partial charge in [-0.15, -0.1) is 0 Å². The number of benzene rings is 2. The Balaban J connectivity index is 1.88. The Morgan fingerprint density at radius 2 is 1.50 bits per heavy atom. The highest BCUT2D eigenvalue weighted by Gasteiger charge is 2.20. The van der Waals surface area contributed by atoms with Crippen LogP contribution in [0.25, 0.3) is 0 Å². The molecule has 1 amide bonds. The molecule has 0 spiro atoms. The van der Waals surface area contributed by atoms with Gasteiger partial charge in [0.25, 0.3) is 0 Å². The Morgan fingerprint density at radius 1 is 0.929 bits per heavy atom. The van der Waals surface area contributed by atoms with Crippen LogP contribution in [0.1, 0.15) is 44.7 Å². The fraction of sp³-hybridized carbons (Fsp3) is 0.391. The number of carbonyl (C=O) groups excluding carboxylic acids is 2. The lowest BCUT2D eigenvalue weighted by Crippen LogP contribution is -2.40. The van der Waals surface area contributed by atoms with Gasteiger partial charge in [-0.25, -0.2) is 4.79 Å². The average molecular weight is 383 g/mol. The number of nitrogens with one attached hydrogen (secondary N) is 1. The number of hydrogen-bond acceptors (Lipinski definition) is 4. The van der Waals surface area contributed by atoms with Crippen LogP contribution in [0.5, 0.6) is 0 Å². The van der Waals surface area contributed by atoms with Crippen LogP contribution in [0.15, 0.2) is 60.7 Å². The van der Waals surface area contributed by atoms with Crippen molar-refractivity contribution in [2.75, 3.05) is 0 Å². The summed E-state index contributed by atoms with van der Waals surface area (Å²) in [5, 5.41) is 2.88. The maximum atomic E-state index is 12.2. The summed E-state index contributed by atoms with van der Waals surface area (Å²) in [5.74, 6) is -0.284. The van der Waals surface area contributed by atoms with Gasteiger partial charge in [0, 0.05) is 12.5 Å². The molecule has 2 aromatic rings. The summed E-state index contributed by atoms with van der Waals surface area (Å²) in [6.45, 7) is 5.71. The molecule has 0 saturated heterocycles. The number of esters is 1. The zero-order valence-corrected chi connectivity index (χ0v) is 16.8. The third-order valence-corrected chi connectivity index (χ3v) is 3.99. The first-order valence-corrected chi connectivity index (χ1v) is 9.55. The number of amides is 1.